The second kappa shape index (κ2) is 12.6. The number of esters is 1. The van der Waals surface area contributed by atoms with Gasteiger partial charge < -0.3 is 24.3 Å². The second-order valence-electron chi connectivity index (χ2n) is 6.18. The molecule has 0 fully saturated rings. The summed E-state index contributed by atoms with van der Waals surface area (Å²) >= 11 is 0. The van der Waals surface area contributed by atoms with Crippen molar-refractivity contribution in [3.05, 3.63) is 53.6 Å². The molecular formula is C22H25N3O7. The molecule has 0 aliphatic carbocycles. The highest BCUT2D eigenvalue weighted by Crippen LogP contribution is 2.27. The molecule has 2 amide bonds. The number of hydrazone groups is 1. The second-order valence-corrected chi connectivity index (χ2v) is 6.18. The van der Waals surface area contributed by atoms with Crippen LogP contribution < -0.4 is 25.0 Å². The Balaban J connectivity index is 1.86. The average Bonchev–Trinajstić information content (AvgIpc) is 2.81. The summed E-state index contributed by atoms with van der Waals surface area (Å²) in [5, 5.41) is 6.36. The Kier molecular flexibility index (Phi) is 9.51. The van der Waals surface area contributed by atoms with Crippen LogP contribution in [0.5, 0.6) is 17.2 Å². The van der Waals surface area contributed by atoms with Crippen molar-refractivity contribution in [2.24, 2.45) is 5.10 Å². The fraction of sp³-hybridized carbons (Fsp3) is 0.273. The first kappa shape index (κ1) is 24.2. The number of nitrogens with one attached hydrogen (secondary N) is 2. The van der Waals surface area contributed by atoms with E-state index in [9.17, 15) is 14.4 Å². The Labute approximate surface area is 185 Å². The van der Waals surface area contributed by atoms with Gasteiger partial charge in [0.2, 0.25) is 0 Å². The minimum absolute atomic E-state index is 0.242. The standard InChI is InChI=1S/C22H25N3O7/c1-4-31-21(27)14-32-18-10-9-15(11-19(18)30-3)12-24-25-20(26)13-23-22(28)16-7-5-6-8-17(16)29-2/h5-12H,4,13-14H2,1-3H3,(H,23,28)(H,25,26). The molecule has 2 aromatic carbocycles. The topological polar surface area (TPSA) is 125 Å². The summed E-state index contributed by atoms with van der Waals surface area (Å²) < 4.78 is 20.6. The maximum absolute atomic E-state index is 12.2. The fourth-order valence-corrected chi connectivity index (χ4v) is 2.53. The third-order valence-corrected chi connectivity index (χ3v) is 4.00. The van der Waals surface area contributed by atoms with Gasteiger partial charge in [-0.05, 0) is 42.8 Å². The lowest BCUT2D eigenvalue weighted by Gasteiger charge is -2.10. The van der Waals surface area contributed by atoms with Gasteiger partial charge in [-0.2, -0.15) is 5.10 Å². The van der Waals surface area contributed by atoms with Crippen LogP contribution in [0.15, 0.2) is 47.6 Å². The maximum Gasteiger partial charge on any atom is 0.344 e. The minimum Gasteiger partial charge on any atom is -0.496 e. The van der Waals surface area contributed by atoms with E-state index in [1.807, 2.05) is 0 Å². The molecule has 170 valence electrons. The zero-order chi connectivity index (χ0) is 23.3. The number of nitrogens with zero attached hydrogens (tertiary/aromatic N) is 1. The smallest absolute Gasteiger partial charge is 0.344 e. The Morgan fingerprint density at radius 2 is 1.75 bits per heavy atom. The predicted octanol–water partition coefficient (Wildman–Crippen LogP) is 1.53. The van der Waals surface area contributed by atoms with Crippen molar-refractivity contribution in [1.82, 2.24) is 10.7 Å². The zero-order valence-corrected chi connectivity index (χ0v) is 18.0. The van der Waals surface area contributed by atoms with Crippen LogP contribution in [0, 0.1) is 0 Å². The molecule has 10 nitrogen and oxygen atoms in total. The first-order valence-electron chi connectivity index (χ1n) is 9.68. The van der Waals surface area contributed by atoms with Crippen molar-refractivity contribution in [3.63, 3.8) is 0 Å². The monoisotopic (exact) mass is 443 g/mol. The molecule has 0 heterocycles. The number of amides is 2. The number of carbonyl (C=O) groups is 3. The first-order valence-corrected chi connectivity index (χ1v) is 9.68. The molecule has 0 aliphatic heterocycles. The lowest BCUT2D eigenvalue weighted by Crippen LogP contribution is -2.35. The number of hydrogen-bond donors (Lipinski definition) is 2. The molecule has 0 atom stereocenters. The largest absolute Gasteiger partial charge is 0.496 e. The molecule has 10 heteroatoms. The maximum atomic E-state index is 12.2. The van der Waals surface area contributed by atoms with Crippen molar-refractivity contribution in [2.75, 3.05) is 34.0 Å². The molecule has 0 aromatic heterocycles. The van der Waals surface area contributed by atoms with E-state index < -0.39 is 17.8 Å². The number of ether oxygens (including phenoxy) is 4. The summed E-state index contributed by atoms with van der Waals surface area (Å²) in [7, 11) is 2.92. The van der Waals surface area contributed by atoms with Gasteiger partial charge in [0.25, 0.3) is 11.8 Å². The lowest BCUT2D eigenvalue weighted by atomic mass is 10.2. The quantitative estimate of drug-likeness (QED) is 0.307. The van der Waals surface area contributed by atoms with Crippen LogP contribution in [0.1, 0.15) is 22.8 Å². The average molecular weight is 443 g/mol. The highest BCUT2D eigenvalue weighted by Gasteiger charge is 2.12. The van der Waals surface area contributed by atoms with E-state index in [-0.39, 0.29) is 19.8 Å². The number of hydrogen-bond acceptors (Lipinski definition) is 8. The number of benzene rings is 2. The van der Waals surface area contributed by atoms with Crippen molar-refractivity contribution in [1.29, 1.82) is 0 Å². The van der Waals surface area contributed by atoms with Crippen LogP contribution in [-0.4, -0.2) is 58.0 Å². The summed E-state index contributed by atoms with van der Waals surface area (Å²) in [6.07, 6.45) is 1.40. The van der Waals surface area contributed by atoms with Crippen molar-refractivity contribution >= 4 is 24.0 Å². The van der Waals surface area contributed by atoms with Gasteiger partial charge in [-0.25, -0.2) is 10.2 Å². The molecule has 2 N–H and O–H groups in total. The summed E-state index contributed by atoms with van der Waals surface area (Å²) in [5.41, 5.74) is 3.26. The van der Waals surface area contributed by atoms with E-state index in [1.54, 1.807) is 49.4 Å². The van der Waals surface area contributed by atoms with E-state index in [2.05, 4.69) is 15.8 Å². The SMILES string of the molecule is CCOC(=O)COc1ccc(C=NNC(=O)CNC(=O)c2ccccc2OC)cc1OC. The molecule has 0 saturated heterocycles. The molecule has 0 bridgehead atoms. The number of carbonyl (C=O) groups excluding carboxylic acids is 3. The van der Waals surface area contributed by atoms with Gasteiger partial charge in [0, 0.05) is 0 Å². The first-order chi connectivity index (χ1) is 15.5. The molecule has 32 heavy (non-hydrogen) atoms. The normalized spacial score (nSPS) is 10.3. The van der Waals surface area contributed by atoms with E-state index in [4.69, 9.17) is 18.9 Å². The van der Waals surface area contributed by atoms with Crippen LogP contribution in [0.3, 0.4) is 0 Å². The van der Waals surface area contributed by atoms with E-state index in [0.29, 0.717) is 28.4 Å². The van der Waals surface area contributed by atoms with Crippen LogP contribution in [0.4, 0.5) is 0 Å². The number of rotatable bonds is 11. The number of methoxy groups -OCH3 is 2. The Morgan fingerprint density at radius 1 is 1.00 bits per heavy atom. The molecule has 0 aliphatic rings. The van der Waals surface area contributed by atoms with Gasteiger partial charge in [-0.15, -0.1) is 0 Å². The van der Waals surface area contributed by atoms with Crippen molar-refractivity contribution in [3.8, 4) is 17.2 Å². The van der Waals surface area contributed by atoms with Gasteiger partial charge in [-0.3, -0.25) is 9.59 Å². The lowest BCUT2D eigenvalue weighted by molar-refractivity contribution is -0.145. The summed E-state index contributed by atoms with van der Waals surface area (Å²) in [6.45, 7) is 1.47. The molecule has 0 unspecified atom stereocenters. The zero-order valence-electron chi connectivity index (χ0n) is 18.0. The van der Waals surface area contributed by atoms with Crippen LogP contribution >= 0.6 is 0 Å². The van der Waals surface area contributed by atoms with Crippen LogP contribution in [0.25, 0.3) is 0 Å². The highest BCUT2D eigenvalue weighted by molar-refractivity contribution is 5.98. The highest BCUT2D eigenvalue weighted by atomic mass is 16.6. The summed E-state index contributed by atoms with van der Waals surface area (Å²) in [6, 6.07) is 11.6. The van der Waals surface area contributed by atoms with Gasteiger partial charge in [-0.1, -0.05) is 12.1 Å². The summed E-state index contributed by atoms with van der Waals surface area (Å²) in [5.74, 6) is -0.280. The van der Waals surface area contributed by atoms with Crippen LogP contribution in [-0.2, 0) is 14.3 Å². The molecule has 0 spiro atoms. The summed E-state index contributed by atoms with van der Waals surface area (Å²) in [4.78, 5) is 35.6. The predicted molar refractivity (Wildman–Crippen MR) is 116 cm³/mol. The van der Waals surface area contributed by atoms with E-state index in [1.165, 1.54) is 20.4 Å². The third kappa shape index (κ3) is 7.31. The van der Waals surface area contributed by atoms with Crippen LogP contribution in [0.2, 0.25) is 0 Å². The van der Waals surface area contributed by atoms with Gasteiger partial charge in [0.05, 0.1) is 39.1 Å². The van der Waals surface area contributed by atoms with Crippen molar-refractivity contribution < 1.29 is 33.3 Å². The van der Waals surface area contributed by atoms with Gasteiger partial charge in [0.1, 0.15) is 5.75 Å². The van der Waals surface area contributed by atoms with E-state index >= 15 is 0 Å². The minimum atomic E-state index is -0.508. The van der Waals surface area contributed by atoms with Crippen molar-refractivity contribution in [2.45, 2.75) is 6.92 Å². The molecule has 2 aromatic rings. The Hall–Kier alpha value is -4.08. The molecule has 0 saturated carbocycles. The fourth-order valence-electron chi connectivity index (χ4n) is 2.53. The van der Waals surface area contributed by atoms with E-state index in [0.717, 1.165) is 0 Å². The third-order valence-electron chi connectivity index (χ3n) is 4.00. The van der Waals surface area contributed by atoms with Gasteiger partial charge in [0.15, 0.2) is 18.1 Å². The molecule has 0 radical (unpaired) electrons. The molecule has 2 rings (SSSR count). The van der Waals surface area contributed by atoms with Gasteiger partial charge >= 0.3 is 5.97 Å². The Bertz CT molecular complexity index is 976. The molecular weight excluding hydrogens is 418 g/mol. The number of para-hydroxylation sites is 1. The Morgan fingerprint density at radius 3 is 2.47 bits per heavy atom.